The Kier molecular flexibility index (Phi) is 3.90. The first-order chi connectivity index (χ1) is 10.6. The van der Waals surface area contributed by atoms with E-state index in [0.29, 0.717) is 6.42 Å². The largest absolute Gasteiger partial charge is 0.359 e. The van der Waals surface area contributed by atoms with Gasteiger partial charge in [-0.3, -0.25) is 4.79 Å². The first-order valence-electron chi connectivity index (χ1n) is 7.10. The normalized spacial score (nSPS) is 10.9. The minimum absolute atomic E-state index is 0.00512. The molecule has 3 aromatic rings. The summed E-state index contributed by atoms with van der Waals surface area (Å²) in [5.41, 5.74) is 6.86. The zero-order valence-electron chi connectivity index (χ0n) is 12.8. The molecule has 0 bridgehead atoms. The summed E-state index contributed by atoms with van der Waals surface area (Å²) >= 11 is 1.60. The second-order valence-corrected chi connectivity index (χ2v) is 6.15. The maximum atomic E-state index is 11.5. The van der Waals surface area contributed by atoms with Crippen molar-refractivity contribution < 1.29 is 4.79 Å². The molecule has 0 aliphatic heterocycles. The lowest BCUT2D eigenvalue weighted by Crippen LogP contribution is -2.19. The number of hydrogen-bond donors (Lipinski definition) is 1. The van der Waals surface area contributed by atoms with E-state index in [1.807, 2.05) is 30.6 Å². The monoisotopic (exact) mass is 311 g/mol. The number of rotatable bonds is 3. The van der Waals surface area contributed by atoms with E-state index in [0.717, 1.165) is 32.7 Å². The highest BCUT2D eigenvalue weighted by molar-refractivity contribution is 7.13. The van der Waals surface area contributed by atoms with Crippen molar-refractivity contribution in [2.75, 3.05) is 7.05 Å². The molecule has 0 radical (unpaired) electrons. The fourth-order valence-corrected chi connectivity index (χ4v) is 3.26. The Labute approximate surface area is 133 Å². The van der Waals surface area contributed by atoms with E-state index in [4.69, 9.17) is 4.98 Å². The highest BCUT2D eigenvalue weighted by Crippen LogP contribution is 2.29. The highest BCUT2D eigenvalue weighted by Gasteiger charge is 2.10. The summed E-state index contributed by atoms with van der Waals surface area (Å²) in [6, 6.07) is 8.13. The van der Waals surface area contributed by atoms with Gasteiger partial charge in [0.2, 0.25) is 5.91 Å². The molecule has 2 heterocycles. The molecule has 112 valence electrons. The third-order valence-electron chi connectivity index (χ3n) is 3.70. The van der Waals surface area contributed by atoms with Crippen LogP contribution in [0.15, 0.2) is 29.8 Å². The van der Waals surface area contributed by atoms with Crippen LogP contribution in [0, 0.1) is 13.8 Å². The van der Waals surface area contributed by atoms with Crippen molar-refractivity contribution in [2.24, 2.45) is 0 Å². The van der Waals surface area contributed by atoms with Gasteiger partial charge in [-0.25, -0.2) is 9.97 Å². The molecule has 0 spiro atoms. The van der Waals surface area contributed by atoms with Crippen LogP contribution in [-0.2, 0) is 11.2 Å². The molecule has 0 aliphatic carbocycles. The van der Waals surface area contributed by atoms with Gasteiger partial charge in [-0.05, 0) is 37.1 Å². The number of amides is 1. The van der Waals surface area contributed by atoms with Crippen LogP contribution in [0.4, 0.5) is 0 Å². The van der Waals surface area contributed by atoms with Crippen LogP contribution in [0.1, 0.15) is 16.8 Å². The molecule has 1 amide bonds. The zero-order valence-corrected chi connectivity index (χ0v) is 13.6. The SMILES string of the molecule is CNC(=O)Cc1ccc2c(C)cc(-c3scnc3C)nc2c1. The summed E-state index contributed by atoms with van der Waals surface area (Å²) in [5, 5.41) is 3.77. The predicted molar refractivity (Wildman–Crippen MR) is 90.1 cm³/mol. The number of aryl methyl sites for hydroxylation is 2. The Morgan fingerprint density at radius 1 is 1.27 bits per heavy atom. The lowest BCUT2D eigenvalue weighted by atomic mass is 10.0. The molecular formula is C17H17N3OS. The van der Waals surface area contributed by atoms with Crippen molar-refractivity contribution in [3.63, 3.8) is 0 Å². The average molecular weight is 311 g/mol. The Hall–Kier alpha value is -2.27. The number of pyridine rings is 1. The lowest BCUT2D eigenvalue weighted by molar-refractivity contribution is -0.119. The van der Waals surface area contributed by atoms with Gasteiger partial charge in [0.1, 0.15) is 0 Å². The van der Waals surface area contributed by atoms with E-state index < -0.39 is 0 Å². The van der Waals surface area contributed by atoms with Crippen molar-refractivity contribution in [1.82, 2.24) is 15.3 Å². The van der Waals surface area contributed by atoms with E-state index in [-0.39, 0.29) is 5.91 Å². The topological polar surface area (TPSA) is 54.9 Å². The Balaban J connectivity index is 2.10. The van der Waals surface area contributed by atoms with Crippen LogP contribution < -0.4 is 5.32 Å². The van der Waals surface area contributed by atoms with Gasteiger partial charge >= 0.3 is 0 Å². The van der Waals surface area contributed by atoms with E-state index in [9.17, 15) is 4.79 Å². The van der Waals surface area contributed by atoms with Crippen molar-refractivity contribution in [3.05, 3.63) is 46.6 Å². The van der Waals surface area contributed by atoms with Crippen LogP contribution >= 0.6 is 11.3 Å². The first kappa shape index (κ1) is 14.7. The number of thiazole rings is 1. The molecule has 0 saturated carbocycles. The number of fused-ring (bicyclic) bond motifs is 1. The summed E-state index contributed by atoms with van der Waals surface area (Å²) in [7, 11) is 1.65. The molecule has 2 aromatic heterocycles. The fourth-order valence-electron chi connectivity index (χ4n) is 2.50. The van der Waals surface area contributed by atoms with Gasteiger partial charge in [0.05, 0.1) is 33.7 Å². The van der Waals surface area contributed by atoms with Gasteiger partial charge < -0.3 is 5.32 Å². The number of likely N-dealkylation sites (N-methyl/N-ethyl adjacent to an activating group) is 1. The summed E-state index contributed by atoms with van der Waals surface area (Å²) in [4.78, 5) is 21.7. The smallest absolute Gasteiger partial charge is 0.224 e. The molecule has 0 unspecified atom stereocenters. The molecule has 1 aromatic carbocycles. The van der Waals surface area contributed by atoms with E-state index in [1.165, 1.54) is 5.56 Å². The van der Waals surface area contributed by atoms with Gasteiger partial charge in [0.15, 0.2) is 0 Å². The maximum absolute atomic E-state index is 11.5. The third kappa shape index (κ3) is 2.72. The van der Waals surface area contributed by atoms with Gasteiger partial charge in [-0.2, -0.15) is 0 Å². The van der Waals surface area contributed by atoms with Gasteiger partial charge in [0, 0.05) is 12.4 Å². The van der Waals surface area contributed by atoms with Gasteiger partial charge in [-0.15, -0.1) is 11.3 Å². The maximum Gasteiger partial charge on any atom is 0.224 e. The van der Waals surface area contributed by atoms with Crippen molar-refractivity contribution in [3.8, 4) is 10.6 Å². The standard InChI is InChI=1S/C17H17N3OS/c1-10-6-15(17-11(2)19-9-22-17)20-14-7-12(4-5-13(10)14)8-16(21)18-3/h4-7,9H,8H2,1-3H3,(H,18,21). The summed E-state index contributed by atoms with van der Waals surface area (Å²) in [5.74, 6) is 0.00512. The molecule has 0 atom stereocenters. The minimum Gasteiger partial charge on any atom is -0.359 e. The Bertz CT molecular complexity index is 854. The highest BCUT2D eigenvalue weighted by atomic mass is 32.1. The van der Waals surface area contributed by atoms with E-state index in [2.05, 4.69) is 23.3 Å². The van der Waals surface area contributed by atoms with Crippen molar-refractivity contribution in [2.45, 2.75) is 20.3 Å². The number of carbonyl (C=O) groups excluding carboxylic acids is 1. The average Bonchev–Trinajstić information content (AvgIpc) is 2.93. The van der Waals surface area contributed by atoms with Crippen molar-refractivity contribution in [1.29, 1.82) is 0 Å². The van der Waals surface area contributed by atoms with Crippen LogP contribution in [0.5, 0.6) is 0 Å². The number of hydrogen-bond acceptors (Lipinski definition) is 4. The van der Waals surface area contributed by atoms with Crippen LogP contribution in [0.25, 0.3) is 21.5 Å². The van der Waals surface area contributed by atoms with E-state index in [1.54, 1.807) is 18.4 Å². The fraction of sp³-hybridized carbons (Fsp3) is 0.235. The van der Waals surface area contributed by atoms with E-state index >= 15 is 0 Å². The number of benzene rings is 1. The second kappa shape index (κ2) is 5.85. The molecule has 0 fully saturated rings. The third-order valence-corrected chi connectivity index (χ3v) is 4.65. The van der Waals surface area contributed by atoms with Crippen molar-refractivity contribution >= 4 is 28.1 Å². The molecule has 4 nitrogen and oxygen atoms in total. The molecular weight excluding hydrogens is 294 g/mol. The molecule has 1 N–H and O–H groups in total. The Morgan fingerprint density at radius 3 is 2.77 bits per heavy atom. The summed E-state index contributed by atoms with van der Waals surface area (Å²) in [6.07, 6.45) is 0.372. The van der Waals surface area contributed by atoms with Crippen LogP contribution in [-0.4, -0.2) is 22.9 Å². The summed E-state index contributed by atoms with van der Waals surface area (Å²) in [6.45, 7) is 4.08. The number of aromatic nitrogens is 2. The van der Waals surface area contributed by atoms with Crippen LogP contribution in [0.3, 0.4) is 0 Å². The van der Waals surface area contributed by atoms with Crippen LogP contribution in [0.2, 0.25) is 0 Å². The Morgan fingerprint density at radius 2 is 2.09 bits per heavy atom. The van der Waals surface area contributed by atoms with Gasteiger partial charge in [0.25, 0.3) is 0 Å². The summed E-state index contributed by atoms with van der Waals surface area (Å²) < 4.78 is 0. The zero-order chi connectivity index (χ0) is 15.7. The molecule has 0 saturated heterocycles. The quantitative estimate of drug-likeness (QED) is 0.807. The lowest BCUT2D eigenvalue weighted by Gasteiger charge is -2.08. The first-order valence-corrected chi connectivity index (χ1v) is 7.98. The number of nitrogens with zero attached hydrogens (tertiary/aromatic N) is 2. The molecule has 22 heavy (non-hydrogen) atoms. The van der Waals surface area contributed by atoms with Gasteiger partial charge in [-0.1, -0.05) is 12.1 Å². The second-order valence-electron chi connectivity index (χ2n) is 5.29. The number of carbonyl (C=O) groups is 1. The number of nitrogens with one attached hydrogen (secondary N) is 1. The molecule has 3 rings (SSSR count). The minimum atomic E-state index is 0.00512. The predicted octanol–water partition coefficient (Wildman–Crippen LogP) is 3.26. The molecule has 5 heteroatoms. The molecule has 0 aliphatic rings.